The zero-order chi connectivity index (χ0) is 17.3. The number of aryl methyl sites for hydroxylation is 1. The van der Waals surface area contributed by atoms with Gasteiger partial charge in [-0.15, -0.1) is 5.10 Å². The molecule has 6 nitrogen and oxygen atoms in total. The summed E-state index contributed by atoms with van der Waals surface area (Å²) in [5, 5.41) is 5.00. The molecule has 3 rings (SSSR count). The van der Waals surface area contributed by atoms with E-state index in [1.807, 2.05) is 39.0 Å². The van der Waals surface area contributed by atoms with Gasteiger partial charge in [0.25, 0.3) is 5.91 Å². The molecule has 2 aromatic rings. The van der Waals surface area contributed by atoms with Crippen molar-refractivity contribution in [3.8, 4) is 5.69 Å². The smallest absolute Gasteiger partial charge is 0.293 e. The number of carbonyl (C=O) groups is 1. The van der Waals surface area contributed by atoms with Crippen LogP contribution in [-0.2, 0) is 11.2 Å². The number of halogens is 1. The van der Waals surface area contributed by atoms with E-state index in [-0.39, 0.29) is 23.9 Å². The molecule has 1 fully saturated rings. The Balaban J connectivity index is 1.92. The number of carbonyl (C=O) groups excluding carboxylic acids is 1. The third-order valence-corrected chi connectivity index (χ3v) is 4.29. The molecule has 0 unspecified atom stereocenters. The maximum Gasteiger partial charge on any atom is 0.293 e. The number of benzene rings is 1. The molecule has 1 aliphatic rings. The largest absolute Gasteiger partial charge is 0.372 e. The predicted octanol–water partition coefficient (Wildman–Crippen LogP) is 2.73. The van der Waals surface area contributed by atoms with Crippen LogP contribution >= 0.6 is 11.6 Å². The van der Waals surface area contributed by atoms with Crippen molar-refractivity contribution in [1.29, 1.82) is 0 Å². The maximum absolute atomic E-state index is 12.8. The molecule has 1 amide bonds. The van der Waals surface area contributed by atoms with Crippen molar-refractivity contribution in [3.05, 3.63) is 40.9 Å². The quantitative estimate of drug-likeness (QED) is 0.855. The molecule has 1 aromatic heterocycles. The molecule has 1 saturated heterocycles. The molecule has 24 heavy (non-hydrogen) atoms. The van der Waals surface area contributed by atoms with Crippen LogP contribution in [0.5, 0.6) is 0 Å². The van der Waals surface area contributed by atoms with Gasteiger partial charge in [0.05, 0.1) is 22.9 Å². The lowest BCUT2D eigenvalue weighted by atomic mass is 10.2. The number of rotatable bonds is 3. The average Bonchev–Trinajstić information content (AvgIpc) is 2.97. The highest BCUT2D eigenvalue weighted by Gasteiger charge is 2.29. The number of hydrogen-bond donors (Lipinski definition) is 0. The number of ether oxygens (including phenoxy) is 1. The van der Waals surface area contributed by atoms with Crippen LogP contribution in [0.4, 0.5) is 0 Å². The van der Waals surface area contributed by atoms with Crippen LogP contribution in [0.1, 0.15) is 37.2 Å². The first-order valence-electron chi connectivity index (χ1n) is 8.15. The Bertz CT molecular complexity index is 736. The molecule has 0 aliphatic carbocycles. The number of morpholine rings is 1. The van der Waals surface area contributed by atoms with Gasteiger partial charge in [-0.25, -0.2) is 9.67 Å². The molecule has 1 aliphatic heterocycles. The van der Waals surface area contributed by atoms with E-state index in [0.717, 1.165) is 5.69 Å². The van der Waals surface area contributed by atoms with Crippen molar-refractivity contribution in [2.24, 2.45) is 0 Å². The van der Waals surface area contributed by atoms with Crippen LogP contribution in [0.2, 0.25) is 5.02 Å². The monoisotopic (exact) mass is 348 g/mol. The lowest BCUT2D eigenvalue weighted by Crippen LogP contribution is -2.48. The summed E-state index contributed by atoms with van der Waals surface area (Å²) in [5.74, 6) is 0.742. The van der Waals surface area contributed by atoms with E-state index >= 15 is 0 Å². The highest BCUT2D eigenvalue weighted by atomic mass is 35.5. The van der Waals surface area contributed by atoms with Crippen LogP contribution in [0.3, 0.4) is 0 Å². The zero-order valence-corrected chi connectivity index (χ0v) is 14.8. The van der Waals surface area contributed by atoms with Crippen molar-refractivity contribution in [1.82, 2.24) is 19.7 Å². The Morgan fingerprint density at radius 1 is 1.29 bits per heavy atom. The molecule has 0 radical (unpaired) electrons. The predicted molar refractivity (Wildman–Crippen MR) is 91.7 cm³/mol. The number of amides is 1. The Morgan fingerprint density at radius 2 is 1.96 bits per heavy atom. The van der Waals surface area contributed by atoms with Crippen LogP contribution in [0.15, 0.2) is 24.3 Å². The first-order valence-corrected chi connectivity index (χ1v) is 8.53. The van der Waals surface area contributed by atoms with Gasteiger partial charge in [-0.05, 0) is 26.0 Å². The summed E-state index contributed by atoms with van der Waals surface area (Å²) in [6.45, 7) is 6.99. The maximum atomic E-state index is 12.8. The Labute approximate surface area is 146 Å². The molecule has 0 N–H and O–H groups in total. The average molecular weight is 349 g/mol. The molecule has 1 aromatic carbocycles. The van der Waals surface area contributed by atoms with Gasteiger partial charge in [-0.3, -0.25) is 4.79 Å². The fourth-order valence-electron chi connectivity index (χ4n) is 2.97. The second-order valence-corrected chi connectivity index (χ2v) is 6.44. The van der Waals surface area contributed by atoms with Gasteiger partial charge in [0.2, 0.25) is 5.82 Å². The minimum absolute atomic E-state index is 0.00833. The van der Waals surface area contributed by atoms with Gasteiger partial charge in [-0.2, -0.15) is 0 Å². The molecule has 7 heteroatoms. The Morgan fingerprint density at radius 3 is 2.58 bits per heavy atom. The van der Waals surface area contributed by atoms with Gasteiger partial charge in [-0.1, -0.05) is 30.7 Å². The van der Waals surface area contributed by atoms with Gasteiger partial charge < -0.3 is 9.64 Å². The van der Waals surface area contributed by atoms with Gasteiger partial charge in [0.1, 0.15) is 5.82 Å². The lowest BCUT2D eigenvalue weighted by molar-refractivity contribution is -0.0588. The second-order valence-electron chi connectivity index (χ2n) is 6.04. The fraction of sp³-hybridized carbons (Fsp3) is 0.471. The zero-order valence-electron chi connectivity index (χ0n) is 14.1. The van der Waals surface area contributed by atoms with Crippen LogP contribution < -0.4 is 0 Å². The van der Waals surface area contributed by atoms with E-state index in [0.29, 0.717) is 30.4 Å². The van der Waals surface area contributed by atoms with E-state index in [9.17, 15) is 4.79 Å². The molecule has 2 heterocycles. The summed E-state index contributed by atoms with van der Waals surface area (Å²) in [6, 6.07) is 7.40. The van der Waals surface area contributed by atoms with E-state index in [2.05, 4.69) is 10.1 Å². The standard InChI is InChI=1S/C17H21ClN4O2/c1-4-15-19-16(17(23)21-9-11(2)24-12(3)10-21)20-22(15)14-8-6-5-7-13(14)18/h5-8,11-12H,4,9-10H2,1-3H3/t11-,12-/m0/s1. The van der Waals surface area contributed by atoms with Crippen molar-refractivity contribution in [3.63, 3.8) is 0 Å². The summed E-state index contributed by atoms with van der Waals surface area (Å²) in [6.07, 6.45) is 0.671. The minimum Gasteiger partial charge on any atom is -0.372 e. The van der Waals surface area contributed by atoms with E-state index in [4.69, 9.17) is 16.3 Å². The van der Waals surface area contributed by atoms with Crippen LogP contribution in [-0.4, -0.2) is 50.9 Å². The van der Waals surface area contributed by atoms with Crippen LogP contribution in [0.25, 0.3) is 5.69 Å². The van der Waals surface area contributed by atoms with Crippen molar-refractivity contribution in [2.45, 2.75) is 39.4 Å². The minimum atomic E-state index is -0.169. The summed E-state index contributed by atoms with van der Waals surface area (Å²) < 4.78 is 7.34. The fourth-order valence-corrected chi connectivity index (χ4v) is 3.18. The highest BCUT2D eigenvalue weighted by Crippen LogP contribution is 2.21. The number of para-hydroxylation sites is 1. The summed E-state index contributed by atoms with van der Waals surface area (Å²) in [4.78, 5) is 19.0. The van der Waals surface area contributed by atoms with Crippen molar-refractivity contribution < 1.29 is 9.53 Å². The SMILES string of the molecule is CCc1nc(C(=O)N2C[C@H](C)O[C@@H](C)C2)nn1-c1ccccc1Cl. The van der Waals surface area contributed by atoms with Crippen LogP contribution in [0, 0.1) is 0 Å². The molecule has 0 bridgehead atoms. The molecule has 0 spiro atoms. The third-order valence-electron chi connectivity index (χ3n) is 3.97. The molecule has 2 atom stereocenters. The Kier molecular flexibility index (Phi) is 4.87. The number of aromatic nitrogens is 3. The summed E-state index contributed by atoms with van der Waals surface area (Å²) in [5.41, 5.74) is 0.728. The Hall–Kier alpha value is -1.92. The summed E-state index contributed by atoms with van der Waals surface area (Å²) >= 11 is 6.26. The molecular weight excluding hydrogens is 328 g/mol. The second kappa shape index (κ2) is 6.91. The third kappa shape index (κ3) is 3.30. The van der Waals surface area contributed by atoms with Gasteiger partial charge in [0.15, 0.2) is 0 Å². The van der Waals surface area contributed by atoms with Crippen molar-refractivity contribution in [2.75, 3.05) is 13.1 Å². The molecule has 128 valence electrons. The summed E-state index contributed by atoms with van der Waals surface area (Å²) in [7, 11) is 0. The number of hydrogen-bond acceptors (Lipinski definition) is 4. The van der Waals surface area contributed by atoms with Gasteiger partial charge in [0, 0.05) is 19.5 Å². The first kappa shape index (κ1) is 16.9. The van der Waals surface area contributed by atoms with E-state index in [1.165, 1.54) is 0 Å². The van der Waals surface area contributed by atoms with Crippen molar-refractivity contribution >= 4 is 17.5 Å². The highest BCUT2D eigenvalue weighted by molar-refractivity contribution is 6.32. The normalized spacial score (nSPS) is 21.1. The topological polar surface area (TPSA) is 60.3 Å². The van der Waals surface area contributed by atoms with Gasteiger partial charge >= 0.3 is 0 Å². The number of nitrogens with zero attached hydrogens (tertiary/aromatic N) is 4. The van der Waals surface area contributed by atoms with E-state index < -0.39 is 0 Å². The first-order chi connectivity index (χ1) is 11.5. The molecule has 0 saturated carbocycles. The lowest BCUT2D eigenvalue weighted by Gasteiger charge is -2.34. The molecular formula is C17H21ClN4O2. The van der Waals surface area contributed by atoms with E-state index in [1.54, 1.807) is 15.6 Å².